The summed E-state index contributed by atoms with van der Waals surface area (Å²) in [5, 5.41) is 0.411. The van der Waals surface area contributed by atoms with E-state index < -0.39 is 0 Å². The molecule has 82 valence electrons. The molecule has 4 nitrogen and oxygen atoms in total. The van der Waals surface area contributed by atoms with Crippen molar-refractivity contribution < 1.29 is 4.74 Å². The van der Waals surface area contributed by atoms with E-state index in [2.05, 4.69) is 15.0 Å². The monoisotopic (exact) mass is 235 g/mol. The number of nitrogens with zero attached hydrogens (tertiary/aromatic N) is 3. The zero-order valence-corrected chi connectivity index (χ0v) is 9.48. The van der Waals surface area contributed by atoms with E-state index >= 15 is 0 Å². The van der Waals surface area contributed by atoms with Gasteiger partial charge >= 0.3 is 0 Å². The van der Waals surface area contributed by atoms with Crippen molar-refractivity contribution in [1.29, 1.82) is 0 Å². The van der Waals surface area contributed by atoms with Crippen LogP contribution in [0.4, 0.5) is 0 Å². The lowest BCUT2D eigenvalue weighted by Crippen LogP contribution is -1.97. The van der Waals surface area contributed by atoms with Gasteiger partial charge in [-0.15, -0.1) is 0 Å². The van der Waals surface area contributed by atoms with Crippen molar-refractivity contribution >= 4 is 11.6 Å². The molecule has 0 saturated carbocycles. The lowest BCUT2D eigenvalue weighted by Gasteiger charge is -2.04. The van der Waals surface area contributed by atoms with Gasteiger partial charge in [0.15, 0.2) is 5.82 Å². The molecule has 0 aromatic carbocycles. The molecule has 0 atom stereocenters. The van der Waals surface area contributed by atoms with Crippen LogP contribution in [0, 0.1) is 0 Å². The van der Waals surface area contributed by atoms with E-state index in [1.54, 1.807) is 25.6 Å². The lowest BCUT2D eigenvalue weighted by molar-refractivity contribution is 0.181. The summed E-state index contributed by atoms with van der Waals surface area (Å²) in [6.45, 7) is 0.417. The molecule has 16 heavy (non-hydrogen) atoms. The molecular formula is C11H10ClN3O. The molecule has 0 fully saturated rings. The Balaban J connectivity index is 2.41. The van der Waals surface area contributed by atoms with Crippen molar-refractivity contribution in [2.45, 2.75) is 6.61 Å². The van der Waals surface area contributed by atoms with Crippen molar-refractivity contribution in [3.8, 4) is 11.4 Å². The summed E-state index contributed by atoms with van der Waals surface area (Å²) >= 11 is 5.91. The summed E-state index contributed by atoms with van der Waals surface area (Å²) in [7, 11) is 1.61. The highest BCUT2D eigenvalue weighted by Gasteiger charge is 2.05. The molecule has 5 heteroatoms. The first-order chi connectivity index (χ1) is 7.79. The Hall–Kier alpha value is -1.52. The molecule has 2 aromatic rings. The average molecular weight is 236 g/mol. The van der Waals surface area contributed by atoms with Crippen LogP contribution in [0.5, 0.6) is 0 Å². The third-order valence-electron chi connectivity index (χ3n) is 1.98. The Morgan fingerprint density at radius 3 is 2.69 bits per heavy atom. The van der Waals surface area contributed by atoms with Gasteiger partial charge in [-0.1, -0.05) is 11.6 Å². The van der Waals surface area contributed by atoms with Crippen LogP contribution < -0.4 is 0 Å². The number of ether oxygens (including phenoxy) is 1. The second-order valence-corrected chi connectivity index (χ2v) is 3.56. The fourth-order valence-corrected chi connectivity index (χ4v) is 1.52. The van der Waals surface area contributed by atoms with Crippen LogP contribution in [0.2, 0.25) is 5.15 Å². The minimum absolute atomic E-state index is 0.411. The highest BCUT2D eigenvalue weighted by molar-refractivity contribution is 6.29. The standard InChI is InChI=1S/C11H10ClN3O/c1-16-7-9-6-10(12)15-11(14-9)8-2-4-13-5-3-8/h2-6H,7H2,1H3. The van der Waals surface area contributed by atoms with Gasteiger partial charge in [0.25, 0.3) is 0 Å². The molecule has 0 bridgehead atoms. The molecule has 0 aliphatic carbocycles. The topological polar surface area (TPSA) is 47.9 Å². The summed E-state index contributed by atoms with van der Waals surface area (Å²) in [5.41, 5.74) is 1.64. The minimum Gasteiger partial charge on any atom is -0.378 e. The molecule has 0 N–H and O–H groups in total. The number of hydrogen-bond donors (Lipinski definition) is 0. The van der Waals surface area contributed by atoms with Gasteiger partial charge < -0.3 is 4.74 Å². The molecule has 0 unspecified atom stereocenters. The molecule has 0 aliphatic rings. The first-order valence-electron chi connectivity index (χ1n) is 4.72. The van der Waals surface area contributed by atoms with Gasteiger partial charge in [0.05, 0.1) is 12.3 Å². The third kappa shape index (κ3) is 2.53. The van der Waals surface area contributed by atoms with E-state index in [0.29, 0.717) is 17.6 Å². The van der Waals surface area contributed by atoms with Crippen molar-refractivity contribution in [2.75, 3.05) is 7.11 Å². The van der Waals surface area contributed by atoms with Crippen LogP contribution >= 0.6 is 11.6 Å². The van der Waals surface area contributed by atoms with E-state index in [0.717, 1.165) is 11.3 Å². The van der Waals surface area contributed by atoms with Crippen LogP contribution in [0.25, 0.3) is 11.4 Å². The van der Waals surface area contributed by atoms with Gasteiger partial charge in [-0.05, 0) is 18.2 Å². The molecular weight excluding hydrogens is 226 g/mol. The quantitative estimate of drug-likeness (QED) is 0.767. The third-order valence-corrected chi connectivity index (χ3v) is 2.17. The van der Waals surface area contributed by atoms with Crippen molar-refractivity contribution in [2.24, 2.45) is 0 Å². The number of halogens is 1. The van der Waals surface area contributed by atoms with Crippen LogP contribution in [-0.2, 0) is 11.3 Å². The fourth-order valence-electron chi connectivity index (χ4n) is 1.32. The predicted molar refractivity (Wildman–Crippen MR) is 61.0 cm³/mol. The van der Waals surface area contributed by atoms with Gasteiger partial charge in [-0.3, -0.25) is 4.98 Å². The number of aromatic nitrogens is 3. The highest BCUT2D eigenvalue weighted by Crippen LogP contribution is 2.17. The van der Waals surface area contributed by atoms with Crippen LogP contribution in [0.1, 0.15) is 5.69 Å². The normalized spacial score (nSPS) is 10.4. The molecule has 2 rings (SSSR count). The number of pyridine rings is 1. The maximum atomic E-state index is 5.91. The summed E-state index contributed by atoms with van der Waals surface area (Å²) < 4.78 is 5.01. The van der Waals surface area contributed by atoms with Gasteiger partial charge in [0.2, 0.25) is 0 Å². The van der Waals surface area contributed by atoms with Crippen molar-refractivity contribution in [3.05, 3.63) is 41.4 Å². The zero-order chi connectivity index (χ0) is 11.4. The molecule has 2 heterocycles. The Labute approximate surface area is 98.3 Å². The molecule has 0 spiro atoms. The lowest BCUT2D eigenvalue weighted by atomic mass is 10.2. The van der Waals surface area contributed by atoms with Crippen LogP contribution in [0.15, 0.2) is 30.6 Å². The van der Waals surface area contributed by atoms with Crippen LogP contribution in [0.3, 0.4) is 0 Å². The number of rotatable bonds is 3. The van der Waals surface area contributed by atoms with Gasteiger partial charge in [0, 0.05) is 25.1 Å². The maximum absolute atomic E-state index is 5.91. The average Bonchev–Trinajstić information content (AvgIpc) is 2.30. The number of methoxy groups -OCH3 is 1. The fraction of sp³-hybridized carbons (Fsp3) is 0.182. The SMILES string of the molecule is COCc1cc(Cl)nc(-c2ccncc2)n1. The van der Waals surface area contributed by atoms with Crippen molar-refractivity contribution in [3.63, 3.8) is 0 Å². The first kappa shape index (κ1) is 11.0. The van der Waals surface area contributed by atoms with Gasteiger partial charge in [-0.25, -0.2) is 9.97 Å². The Bertz CT molecular complexity index is 476. The van der Waals surface area contributed by atoms with E-state index in [-0.39, 0.29) is 0 Å². The largest absolute Gasteiger partial charge is 0.378 e. The molecule has 0 amide bonds. The molecule has 0 aliphatic heterocycles. The Morgan fingerprint density at radius 1 is 1.25 bits per heavy atom. The van der Waals surface area contributed by atoms with E-state index in [4.69, 9.17) is 16.3 Å². The molecule has 0 radical (unpaired) electrons. The second kappa shape index (κ2) is 5.01. The van der Waals surface area contributed by atoms with E-state index in [1.165, 1.54) is 0 Å². The van der Waals surface area contributed by atoms with E-state index in [1.807, 2.05) is 12.1 Å². The Kier molecular flexibility index (Phi) is 3.44. The highest BCUT2D eigenvalue weighted by atomic mass is 35.5. The summed E-state index contributed by atoms with van der Waals surface area (Å²) in [5.74, 6) is 0.585. The maximum Gasteiger partial charge on any atom is 0.161 e. The van der Waals surface area contributed by atoms with Crippen LogP contribution in [-0.4, -0.2) is 22.1 Å². The molecule has 0 saturated heterocycles. The number of hydrogen-bond acceptors (Lipinski definition) is 4. The van der Waals surface area contributed by atoms with Gasteiger partial charge in [0.1, 0.15) is 5.15 Å². The summed E-state index contributed by atoms with van der Waals surface area (Å²) in [4.78, 5) is 12.4. The summed E-state index contributed by atoms with van der Waals surface area (Å²) in [6, 6.07) is 5.36. The molecule has 2 aromatic heterocycles. The second-order valence-electron chi connectivity index (χ2n) is 3.17. The predicted octanol–water partition coefficient (Wildman–Crippen LogP) is 2.34. The van der Waals surface area contributed by atoms with Gasteiger partial charge in [-0.2, -0.15) is 0 Å². The smallest absolute Gasteiger partial charge is 0.161 e. The van der Waals surface area contributed by atoms with Crippen molar-refractivity contribution in [1.82, 2.24) is 15.0 Å². The van der Waals surface area contributed by atoms with E-state index in [9.17, 15) is 0 Å². The first-order valence-corrected chi connectivity index (χ1v) is 5.10. The minimum atomic E-state index is 0.411. The summed E-state index contributed by atoms with van der Waals surface area (Å²) in [6.07, 6.45) is 3.38. The zero-order valence-electron chi connectivity index (χ0n) is 8.72. The Morgan fingerprint density at radius 2 is 2.00 bits per heavy atom.